The fraction of sp³-hybridized carbons (Fsp3) is 0.556. The van der Waals surface area contributed by atoms with Crippen LogP contribution in [0.25, 0.3) is 5.32 Å². The minimum absolute atomic E-state index is 0. The molecular formula is C9H22N3NaO5. The van der Waals surface area contributed by atoms with E-state index in [-0.39, 0.29) is 42.4 Å². The van der Waals surface area contributed by atoms with E-state index in [0.717, 1.165) is 4.90 Å². The molecule has 9 heteroatoms. The number of carbonyl (C=O) groups excluding carboxylic acids is 4. The number of nitrogens with two attached hydrogens (primary N) is 1. The van der Waals surface area contributed by atoms with Crippen LogP contribution in [0.15, 0.2) is 0 Å². The van der Waals surface area contributed by atoms with Gasteiger partial charge in [0.2, 0.25) is 14.3 Å². The fourth-order valence-electron chi connectivity index (χ4n) is 0.0497. The molecular weight excluding hydrogens is 253 g/mol. The molecule has 104 valence electrons. The summed E-state index contributed by atoms with van der Waals surface area (Å²) in [5.74, 6) is 0. The van der Waals surface area contributed by atoms with E-state index in [1.807, 2.05) is 0 Å². The summed E-state index contributed by atoms with van der Waals surface area (Å²) in [5, 5.41) is 5.80. The van der Waals surface area contributed by atoms with E-state index < -0.39 is 20.9 Å². The molecule has 0 aromatic carbocycles. The largest absolute Gasteiger partial charge is 1.00 e. The summed E-state index contributed by atoms with van der Waals surface area (Å²) < 4.78 is 61.1. The van der Waals surface area contributed by atoms with Crippen molar-refractivity contribution in [3.05, 3.63) is 5.32 Å². The second kappa shape index (κ2) is 72.2. The van der Waals surface area contributed by atoms with Crippen LogP contribution in [0.5, 0.6) is 0 Å². The Morgan fingerprint density at radius 1 is 1.28 bits per heavy atom. The molecule has 0 unspecified atom stereocenters. The maximum absolute atomic E-state index is 9.43. The second-order valence-corrected chi connectivity index (χ2v) is 1.24. The van der Waals surface area contributed by atoms with Crippen molar-refractivity contribution in [2.45, 2.75) is 13.8 Å². The van der Waals surface area contributed by atoms with Crippen LogP contribution >= 0.6 is 0 Å². The number of rotatable bonds is 4. The first-order chi connectivity index (χ1) is 11.8. The number of imide groups is 2. The van der Waals surface area contributed by atoms with Crippen molar-refractivity contribution in [2.24, 2.45) is 5.73 Å². The quantitative estimate of drug-likeness (QED) is 0.401. The van der Waals surface area contributed by atoms with E-state index in [1.165, 1.54) is 14.0 Å². The smallest absolute Gasteiger partial charge is 0.602 e. The molecule has 0 fully saturated rings. The summed E-state index contributed by atoms with van der Waals surface area (Å²) in [7, 11) is -1.17. The van der Waals surface area contributed by atoms with Gasteiger partial charge in [0, 0.05) is 35.1 Å². The van der Waals surface area contributed by atoms with E-state index in [1.54, 1.807) is 0 Å². The zero-order valence-electron chi connectivity index (χ0n) is 20.3. The van der Waals surface area contributed by atoms with Gasteiger partial charge in [0.15, 0.2) is 0 Å². The molecule has 0 aromatic rings. The predicted octanol–water partition coefficient (Wildman–Crippen LogP) is -3.88. The Kier molecular flexibility index (Phi) is 40.3. The molecule has 0 bridgehead atoms. The van der Waals surface area contributed by atoms with E-state index in [0.29, 0.717) is 12.8 Å². The Labute approximate surface area is 144 Å². The Morgan fingerprint density at radius 2 is 1.56 bits per heavy atom. The van der Waals surface area contributed by atoms with Crippen molar-refractivity contribution in [1.82, 2.24) is 4.90 Å². The summed E-state index contributed by atoms with van der Waals surface area (Å²) >= 11 is 0. The first-order valence-corrected chi connectivity index (χ1v) is 3.42. The van der Waals surface area contributed by atoms with Crippen molar-refractivity contribution in [3.8, 4) is 0 Å². The van der Waals surface area contributed by atoms with Crippen LogP contribution in [0.1, 0.15) is 26.1 Å². The maximum Gasteiger partial charge on any atom is 1.00 e. The molecule has 8 nitrogen and oxygen atoms in total. The number of hydrogen-bond acceptors (Lipinski definition) is 6. The molecule has 0 atom stereocenters. The predicted molar refractivity (Wildman–Crippen MR) is 65.0 cm³/mol. The minimum Gasteiger partial charge on any atom is -0.602 e. The molecule has 0 aromatic heterocycles. The van der Waals surface area contributed by atoms with Crippen molar-refractivity contribution >= 4 is 25.6 Å². The molecule has 18 heavy (non-hydrogen) atoms. The molecule has 0 heterocycles. The minimum atomic E-state index is -2.54. The van der Waals surface area contributed by atoms with Gasteiger partial charge in [0.1, 0.15) is 0 Å². The van der Waals surface area contributed by atoms with Crippen LogP contribution < -0.4 is 35.3 Å². The van der Waals surface area contributed by atoms with Gasteiger partial charge in [-0.2, -0.15) is 0 Å². The van der Waals surface area contributed by atoms with E-state index >= 15 is 0 Å². The molecule has 4 amide bonds. The topological polar surface area (TPSA) is 132 Å². The van der Waals surface area contributed by atoms with Crippen LogP contribution in [-0.2, 0) is 19.2 Å². The molecule has 0 radical (unpaired) electrons. The van der Waals surface area contributed by atoms with Crippen molar-refractivity contribution in [1.29, 1.82) is 1.43 Å². The summed E-state index contributed by atoms with van der Waals surface area (Å²) in [5.41, 5.74) is 4.35. The summed E-state index contributed by atoms with van der Waals surface area (Å²) in [4.78, 5) is 37.8. The van der Waals surface area contributed by atoms with Gasteiger partial charge in [-0.3, -0.25) is 14.5 Å². The first kappa shape index (κ1) is 10.0. The molecule has 0 aliphatic heterocycles. The Balaban J connectivity index is -0.0000000537. The van der Waals surface area contributed by atoms with Gasteiger partial charge in [-0.15, -0.1) is 0 Å². The fourth-order valence-corrected chi connectivity index (χ4v) is 0.0497. The van der Waals surface area contributed by atoms with Gasteiger partial charge in [0.05, 0.1) is 4.11 Å². The molecule has 3 N–H and O–H groups in total. The van der Waals surface area contributed by atoms with E-state index in [4.69, 9.17) is 23.4 Å². The van der Waals surface area contributed by atoms with Crippen LogP contribution in [0, 0.1) is 0 Å². The second-order valence-electron chi connectivity index (χ2n) is 1.24. The third kappa shape index (κ3) is 113. The number of aliphatic hydroxyl groups is 1. The van der Waals surface area contributed by atoms with Crippen molar-refractivity contribution in [3.63, 3.8) is 0 Å². The molecule has 0 aliphatic carbocycles. The van der Waals surface area contributed by atoms with Crippen LogP contribution in [0.2, 0.25) is 0 Å². The SMILES string of the molecule is CN(C=O)C=O.O=C[N-]C=O.[2H]C([2H])([2H])C.[2H]C([2H])([2H])N.[2H]OC([2H])([2H])[2H].[Na+]. The Bertz CT molecular complexity index is 341. The number of amides is 4. The normalized spacial score (nSPS) is 15.1. The van der Waals surface area contributed by atoms with Gasteiger partial charge >= 0.3 is 29.6 Å². The van der Waals surface area contributed by atoms with Crippen molar-refractivity contribution in [2.75, 3.05) is 21.1 Å². The molecule has 0 aliphatic rings. The van der Waals surface area contributed by atoms with Gasteiger partial charge in [-0.1, -0.05) is 13.8 Å². The zero-order valence-corrected chi connectivity index (χ0v) is 12.3. The zero-order chi connectivity index (χ0) is 23.3. The average Bonchev–Trinajstić information content (AvgIpc) is 2.44. The monoisotopic (exact) mass is 285 g/mol. The Morgan fingerprint density at radius 3 is 1.56 bits per heavy atom. The van der Waals surface area contributed by atoms with Gasteiger partial charge < -0.3 is 25.7 Å². The summed E-state index contributed by atoms with van der Waals surface area (Å²) in [6, 6.07) is 0. The Hall–Kier alpha value is -0.800. The average molecular weight is 285 g/mol. The summed E-state index contributed by atoms with van der Waals surface area (Å²) in [6.45, 7) is -2.81. The molecule has 0 rings (SSSR count). The number of carbonyl (C=O) groups is 4. The third-order valence-electron chi connectivity index (χ3n) is 0.454. The van der Waals surface area contributed by atoms with Crippen molar-refractivity contribution < 1.29 is 66.2 Å². The van der Waals surface area contributed by atoms with Gasteiger partial charge in [0.25, 0.3) is 0 Å². The van der Waals surface area contributed by atoms with E-state index in [2.05, 4.69) is 16.2 Å². The molecule has 0 spiro atoms. The van der Waals surface area contributed by atoms with Gasteiger partial charge in [-0.25, -0.2) is 0 Å². The standard InChI is InChI=1S/C3H5NO2.C2H3NO2.C2H6.CH5N.CH4O.Na/c1-4(2-5)3-6;4-1-3-2-5;3*1-2;/h2-3H,1H3;1-2H,(H,3,4,5);1-2H3;2H2,1H3;2H,1H3;/q;;;;;+1/p-1/i;;2*1D3;1D3,2D;. The maximum atomic E-state index is 9.43. The van der Waals surface area contributed by atoms with Crippen LogP contribution in [0.3, 0.4) is 0 Å². The number of nitrogens with zero attached hydrogens (tertiary/aromatic N) is 2. The number of hydrogen-bond donors (Lipinski definition) is 2. The van der Waals surface area contributed by atoms with E-state index in [9.17, 15) is 9.59 Å². The molecule has 0 saturated heterocycles. The van der Waals surface area contributed by atoms with Crippen LogP contribution in [0.4, 0.5) is 0 Å². The molecule has 0 saturated carbocycles. The van der Waals surface area contributed by atoms with Gasteiger partial charge in [-0.05, 0) is 6.98 Å². The summed E-state index contributed by atoms with van der Waals surface area (Å²) in [6.07, 6.45) is 1.25. The first-order valence-electron chi connectivity index (χ1n) is 8.32. The van der Waals surface area contributed by atoms with Crippen LogP contribution in [-0.4, -0.2) is 58.1 Å². The third-order valence-corrected chi connectivity index (χ3v) is 0.454.